The Morgan fingerprint density at radius 1 is 0.926 bits per heavy atom. The minimum absolute atomic E-state index is 0.0328. The number of nitrogens with zero attached hydrogens (tertiary/aromatic N) is 6. The van der Waals surface area contributed by atoms with Crippen molar-refractivity contribution in [2.75, 3.05) is 39.5 Å². The molecule has 362 valence electrons. The fourth-order valence-electron chi connectivity index (χ4n) is 8.39. The molecule has 1 fully saturated rings. The number of carbonyl (C=O) groups is 4. The molecule has 2 aliphatic rings. The number of aryl methyl sites for hydroxylation is 3. The summed E-state index contributed by atoms with van der Waals surface area (Å²) in [5, 5.41) is 29.9. The molecule has 7 rings (SSSR count). The molecule has 5 heterocycles. The van der Waals surface area contributed by atoms with Gasteiger partial charge in [-0.15, -0.1) is 32.9 Å². The second kappa shape index (κ2) is 21.9. The van der Waals surface area contributed by atoms with Crippen LogP contribution in [0.5, 0.6) is 0 Å². The summed E-state index contributed by atoms with van der Waals surface area (Å²) in [6.07, 6.45) is -0.199. The second-order valence-electron chi connectivity index (χ2n) is 18.4. The summed E-state index contributed by atoms with van der Waals surface area (Å²) >= 11 is 9.46. The number of rotatable bonds is 18. The van der Waals surface area contributed by atoms with Crippen LogP contribution in [0.2, 0.25) is 5.02 Å². The monoisotopic (exact) mass is 985 g/mol. The summed E-state index contributed by atoms with van der Waals surface area (Å²) in [7, 11) is 0. The summed E-state index contributed by atoms with van der Waals surface area (Å²) in [6.45, 7) is 16.1. The Labute approximate surface area is 409 Å². The number of thiazole rings is 1. The van der Waals surface area contributed by atoms with E-state index in [1.54, 1.807) is 22.7 Å². The van der Waals surface area contributed by atoms with Crippen LogP contribution >= 0.6 is 34.3 Å². The number of fused-ring (bicyclic) bond motifs is 3. The molecule has 3 aromatic heterocycles. The number of thiophene rings is 1. The Hall–Kier alpha value is -5.37. The first kappa shape index (κ1) is 50.5. The van der Waals surface area contributed by atoms with Crippen molar-refractivity contribution in [3.8, 4) is 15.4 Å². The van der Waals surface area contributed by atoms with Gasteiger partial charge in [-0.05, 0) is 75.3 Å². The van der Waals surface area contributed by atoms with Gasteiger partial charge < -0.3 is 35.4 Å². The molecular weight excluding hydrogens is 926 g/mol. The van der Waals surface area contributed by atoms with Gasteiger partial charge in [-0.25, -0.2) is 4.98 Å². The van der Waals surface area contributed by atoms with Gasteiger partial charge in [0.1, 0.15) is 35.6 Å². The number of halogens is 1. The zero-order chi connectivity index (χ0) is 48.9. The molecule has 5 aromatic rings. The predicted octanol–water partition coefficient (Wildman–Crippen LogP) is 6.53. The van der Waals surface area contributed by atoms with Gasteiger partial charge >= 0.3 is 0 Å². The van der Waals surface area contributed by atoms with Crippen LogP contribution in [-0.2, 0) is 28.7 Å². The van der Waals surface area contributed by atoms with E-state index in [1.807, 2.05) is 100 Å². The molecule has 1 unspecified atom stereocenters. The number of aliphatic hydroxyl groups excluding tert-OH is 1. The normalized spacial score (nSPS) is 17.7. The minimum atomic E-state index is -0.990. The van der Waals surface area contributed by atoms with E-state index in [-0.39, 0.29) is 57.1 Å². The van der Waals surface area contributed by atoms with Gasteiger partial charge in [0.2, 0.25) is 23.6 Å². The van der Waals surface area contributed by atoms with E-state index in [0.717, 1.165) is 54.0 Å². The van der Waals surface area contributed by atoms with Crippen LogP contribution in [0, 0.1) is 33.1 Å². The van der Waals surface area contributed by atoms with Crippen LogP contribution in [0.15, 0.2) is 59.0 Å². The Morgan fingerprint density at radius 3 is 2.32 bits per heavy atom. The highest BCUT2D eigenvalue weighted by Gasteiger charge is 2.45. The fourth-order valence-corrected chi connectivity index (χ4v) is 10.5. The van der Waals surface area contributed by atoms with E-state index in [1.165, 1.54) is 4.90 Å². The largest absolute Gasteiger partial charge is 0.391 e. The van der Waals surface area contributed by atoms with Crippen LogP contribution in [0.1, 0.15) is 104 Å². The Morgan fingerprint density at radius 2 is 1.63 bits per heavy atom. The van der Waals surface area contributed by atoms with Gasteiger partial charge in [0.15, 0.2) is 5.82 Å². The highest BCUT2D eigenvalue weighted by Crippen LogP contribution is 2.40. The average molecular weight is 987 g/mol. The highest BCUT2D eigenvalue weighted by molar-refractivity contribution is 7.15. The van der Waals surface area contributed by atoms with E-state index in [0.29, 0.717) is 36.2 Å². The summed E-state index contributed by atoms with van der Waals surface area (Å²) < 4.78 is 13.3. The van der Waals surface area contributed by atoms with Crippen LogP contribution in [0.25, 0.3) is 15.4 Å². The van der Waals surface area contributed by atoms with Gasteiger partial charge in [-0.2, -0.15) is 0 Å². The third-order valence-corrected chi connectivity index (χ3v) is 14.6. The van der Waals surface area contributed by atoms with Crippen molar-refractivity contribution < 1.29 is 33.8 Å². The topological polar surface area (TPSA) is 202 Å². The van der Waals surface area contributed by atoms with Crippen molar-refractivity contribution >= 4 is 63.6 Å². The zero-order valence-electron chi connectivity index (χ0n) is 39.7. The molecule has 2 aliphatic heterocycles. The molecule has 16 nitrogen and oxygen atoms in total. The van der Waals surface area contributed by atoms with E-state index < -0.39 is 41.5 Å². The summed E-state index contributed by atoms with van der Waals surface area (Å²) in [6, 6.07) is 12.6. The van der Waals surface area contributed by atoms with Crippen molar-refractivity contribution in [1.29, 1.82) is 0 Å². The number of hydrogen-bond acceptors (Lipinski definition) is 13. The van der Waals surface area contributed by atoms with Crippen molar-refractivity contribution in [2.45, 2.75) is 105 Å². The van der Waals surface area contributed by atoms with Crippen molar-refractivity contribution in [2.24, 2.45) is 10.4 Å². The third kappa shape index (κ3) is 11.7. The smallest absolute Gasteiger partial charge is 0.246 e. The Kier molecular flexibility index (Phi) is 16.3. The Bertz CT molecular complexity index is 2640. The number of ether oxygens (including phenoxy) is 2. The molecule has 5 atom stereocenters. The highest BCUT2D eigenvalue weighted by atomic mass is 35.5. The molecule has 19 heteroatoms. The zero-order valence-corrected chi connectivity index (χ0v) is 42.1. The number of aliphatic hydroxyl groups is 1. The molecule has 2 aromatic carbocycles. The van der Waals surface area contributed by atoms with Gasteiger partial charge in [0, 0.05) is 47.1 Å². The van der Waals surface area contributed by atoms with E-state index in [2.05, 4.69) is 45.0 Å². The number of β-amino-alcohol motifs (C(OH)–C–C–N with tert-alkyl or cyclic N) is 1. The quantitative estimate of drug-likeness (QED) is 0.0700. The number of hydrogen-bond donors (Lipinski definition) is 4. The fraction of sp³-hybridized carbons (Fsp3) is 0.469. The lowest BCUT2D eigenvalue weighted by atomic mass is 9.85. The molecule has 0 spiro atoms. The predicted molar refractivity (Wildman–Crippen MR) is 264 cm³/mol. The van der Waals surface area contributed by atoms with Crippen LogP contribution < -0.4 is 16.0 Å². The third-order valence-electron chi connectivity index (χ3n) is 12.2. The van der Waals surface area contributed by atoms with E-state index >= 15 is 0 Å². The minimum Gasteiger partial charge on any atom is -0.391 e. The number of likely N-dealkylation sites (tertiary alicyclic amines) is 1. The summed E-state index contributed by atoms with van der Waals surface area (Å²) in [5.74, 6) is -0.204. The molecule has 4 N–H and O–H groups in total. The van der Waals surface area contributed by atoms with Gasteiger partial charge in [0.05, 0.1) is 53.6 Å². The molecular formula is C49H60ClN9O7S2. The van der Waals surface area contributed by atoms with Gasteiger partial charge in [0.25, 0.3) is 0 Å². The maximum atomic E-state index is 14.1. The van der Waals surface area contributed by atoms with E-state index in [9.17, 15) is 24.3 Å². The Balaban J connectivity index is 0.840. The van der Waals surface area contributed by atoms with Crippen molar-refractivity contribution in [1.82, 2.24) is 40.6 Å². The van der Waals surface area contributed by atoms with Gasteiger partial charge in [-0.3, -0.25) is 28.7 Å². The van der Waals surface area contributed by atoms with Crippen molar-refractivity contribution in [3.63, 3.8) is 0 Å². The summed E-state index contributed by atoms with van der Waals surface area (Å²) in [4.78, 5) is 67.3. The molecule has 1 saturated heterocycles. The number of carbonyl (C=O) groups excluding carboxylic acids is 4. The standard InChI is InChI=1S/C49H60ClN9O7S2/c1-27-30(4)68-48-41(27)42(33-14-16-35(50)17-15-33)54-37(45-57-56-31(5)59(45)48)23-39(61)51-18-9-19-65-20-21-66-25-40(62)55-44(49(6,7)8)47(64)58-24-36(60)22-38(58)46(63)53-28(2)32-10-12-34(13-11-32)43-29(3)52-26-67-43/h10-17,26,28,36-38,44,60H,9,18-25H2,1-8H3,(H,51,61)(H,53,63)(H,55,62)/t28-,36+,37-,38-,44?/m0/s1. The van der Waals surface area contributed by atoms with Crippen molar-refractivity contribution in [3.05, 3.63) is 104 Å². The molecule has 0 radical (unpaired) electrons. The van der Waals surface area contributed by atoms with Crippen LogP contribution in [0.4, 0.5) is 0 Å². The lowest BCUT2D eigenvalue weighted by Gasteiger charge is -2.35. The maximum absolute atomic E-state index is 14.1. The molecule has 0 saturated carbocycles. The van der Waals surface area contributed by atoms with E-state index in [4.69, 9.17) is 26.1 Å². The molecule has 4 amide bonds. The number of aromatic nitrogens is 4. The number of amides is 4. The first-order valence-corrected chi connectivity index (χ1v) is 24.9. The molecule has 0 aliphatic carbocycles. The number of nitrogens with one attached hydrogen (secondary N) is 3. The SMILES string of the molecule is Cc1ncsc1-c1ccc([C@H](C)NC(=O)[C@@H]2C[C@@H](O)CN2C(=O)C(NC(=O)COCCOCCCNC(=O)C[C@@H]2N=C(c3ccc(Cl)cc3)c3c(sc(C)c3C)-n3c(C)nnc32)C(C)(C)C)cc1. The van der Waals surface area contributed by atoms with Crippen LogP contribution in [-0.4, -0.2) is 117 Å². The summed E-state index contributed by atoms with van der Waals surface area (Å²) in [5.41, 5.74) is 7.76. The molecule has 0 bridgehead atoms. The van der Waals surface area contributed by atoms with Crippen LogP contribution in [0.3, 0.4) is 0 Å². The average Bonchev–Trinajstić information content (AvgIpc) is 4.07. The molecule has 68 heavy (non-hydrogen) atoms. The maximum Gasteiger partial charge on any atom is 0.246 e. The first-order chi connectivity index (χ1) is 32.4. The first-order valence-electron chi connectivity index (χ1n) is 22.8. The number of aliphatic imine (C=N–C) groups is 1. The number of benzene rings is 2. The van der Waals surface area contributed by atoms with Gasteiger partial charge in [-0.1, -0.05) is 68.8 Å². The second-order valence-corrected chi connectivity index (χ2v) is 20.9. The lowest BCUT2D eigenvalue weighted by molar-refractivity contribution is -0.144. The lowest BCUT2D eigenvalue weighted by Crippen LogP contribution is -2.58.